The number of carbonyl (C=O) groups is 3. The van der Waals surface area contributed by atoms with Crippen LogP contribution in [0.2, 0.25) is 0 Å². The Morgan fingerprint density at radius 2 is 1.67 bits per heavy atom. The molecule has 0 aliphatic heterocycles. The molecule has 7 nitrogen and oxygen atoms in total. The van der Waals surface area contributed by atoms with E-state index in [0.717, 1.165) is 11.6 Å². The van der Waals surface area contributed by atoms with Gasteiger partial charge in [-0.1, -0.05) is 33.6 Å². The first-order valence-corrected chi connectivity index (χ1v) is 10.5. The third kappa shape index (κ3) is 6.56. The molecule has 2 amide bonds. The zero-order chi connectivity index (χ0) is 24.0. The number of hydrazone groups is 1. The number of amides is 2. The van der Waals surface area contributed by atoms with Gasteiger partial charge in [-0.2, -0.15) is 5.10 Å². The number of hydrogen-bond acceptors (Lipinski definition) is 5. The van der Waals surface area contributed by atoms with E-state index in [9.17, 15) is 18.8 Å². The van der Waals surface area contributed by atoms with Crippen molar-refractivity contribution < 1.29 is 23.5 Å². The molecule has 0 aliphatic rings. The molecule has 0 bridgehead atoms. The number of halogens is 2. The lowest BCUT2D eigenvalue weighted by Gasteiger charge is -2.07. The molecule has 0 atom stereocenters. The monoisotopic (exact) mass is 511 g/mol. The molecule has 3 aromatic carbocycles. The van der Waals surface area contributed by atoms with Gasteiger partial charge in [0, 0.05) is 4.47 Å². The molecule has 0 aromatic heterocycles. The van der Waals surface area contributed by atoms with Crippen molar-refractivity contribution in [1.29, 1.82) is 0 Å². The van der Waals surface area contributed by atoms with Gasteiger partial charge < -0.3 is 10.1 Å². The minimum absolute atomic E-state index is 0.130. The quantitative estimate of drug-likeness (QED) is 0.172. The molecule has 0 spiro atoms. The van der Waals surface area contributed by atoms with Crippen LogP contribution in [0.1, 0.15) is 28.4 Å². The molecule has 9 heteroatoms. The standard InChI is InChI=1S/C24H19BrFN3O4/c1-14-4-3-5-17(12-14)24(32)33-19-9-6-16(7-10-19)15(2)28-29-23(31)22(30)27-21-11-8-18(25)13-20(21)26/h3-13H,1-2H3,(H,27,30)(H,29,31)/b28-15+. The summed E-state index contributed by atoms with van der Waals surface area (Å²) in [6.07, 6.45) is 0. The van der Waals surface area contributed by atoms with Gasteiger partial charge in [0.1, 0.15) is 11.6 Å². The average Bonchev–Trinajstić information content (AvgIpc) is 2.79. The molecule has 0 radical (unpaired) electrons. The smallest absolute Gasteiger partial charge is 0.343 e. The molecule has 168 valence electrons. The topological polar surface area (TPSA) is 96.9 Å². The third-order valence-corrected chi connectivity index (χ3v) is 4.94. The number of benzene rings is 3. The van der Waals surface area contributed by atoms with Crippen LogP contribution in [0, 0.1) is 12.7 Å². The van der Waals surface area contributed by atoms with Gasteiger partial charge in [0.25, 0.3) is 0 Å². The zero-order valence-corrected chi connectivity index (χ0v) is 19.3. The Morgan fingerprint density at radius 3 is 2.33 bits per heavy atom. The first-order chi connectivity index (χ1) is 15.7. The first-order valence-electron chi connectivity index (χ1n) is 9.73. The maximum absolute atomic E-state index is 13.8. The molecule has 0 aliphatic carbocycles. The average molecular weight is 512 g/mol. The zero-order valence-electron chi connectivity index (χ0n) is 17.7. The second kappa shape index (κ2) is 10.6. The molecule has 33 heavy (non-hydrogen) atoms. The fourth-order valence-electron chi connectivity index (χ4n) is 2.72. The Morgan fingerprint density at radius 1 is 0.939 bits per heavy atom. The maximum atomic E-state index is 13.8. The van der Waals surface area contributed by atoms with Gasteiger partial charge in [-0.05, 0) is 74.0 Å². The van der Waals surface area contributed by atoms with Crippen LogP contribution in [-0.4, -0.2) is 23.5 Å². The van der Waals surface area contributed by atoms with E-state index < -0.39 is 23.6 Å². The molecule has 0 fully saturated rings. The number of nitrogens with zero attached hydrogens (tertiary/aromatic N) is 1. The fourth-order valence-corrected chi connectivity index (χ4v) is 3.06. The van der Waals surface area contributed by atoms with E-state index >= 15 is 0 Å². The lowest BCUT2D eigenvalue weighted by atomic mass is 10.1. The van der Waals surface area contributed by atoms with E-state index in [0.29, 0.717) is 27.1 Å². The van der Waals surface area contributed by atoms with Crippen LogP contribution in [0.4, 0.5) is 10.1 Å². The fraction of sp³-hybridized carbons (Fsp3) is 0.0833. The number of ether oxygens (including phenoxy) is 1. The van der Waals surface area contributed by atoms with Gasteiger partial charge in [0.2, 0.25) is 0 Å². The van der Waals surface area contributed by atoms with Gasteiger partial charge >= 0.3 is 17.8 Å². The van der Waals surface area contributed by atoms with Crippen molar-refractivity contribution in [3.8, 4) is 5.75 Å². The minimum Gasteiger partial charge on any atom is -0.423 e. The molecule has 3 rings (SSSR count). The second-order valence-corrected chi connectivity index (χ2v) is 7.92. The van der Waals surface area contributed by atoms with Crippen LogP contribution < -0.4 is 15.5 Å². The summed E-state index contributed by atoms with van der Waals surface area (Å²) in [4.78, 5) is 36.2. The van der Waals surface area contributed by atoms with Crippen molar-refractivity contribution in [3.05, 3.63) is 93.7 Å². The van der Waals surface area contributed by atoms with Crippen molar-refractivity contribution >= 4 is 45.1 Å². The second-order valence-electron chi connectivity index (χ2n) is 7.00. The summed E-state index contributed by atoms with van der Waals surface area (Å²) in [6, 6.07) is 17.6. The highest BCUT2D eigenvalue weighted by molar-refractivity contribution is 9.10. The van der Waals surface area contributed by atoms with E-state index in [1.165, 1.54) is 12.1 Å². The van der Waals surface area contributed by atoms with E-state index in [1.807, 2.05) is 13.0 Å². The summed E-state index contributed by atoms with van der Waals surface area (Å²) in [6.45, 7) is 3.51. The Balaban J connectivity index is 1.58. The van der Waals surface area contributed by atoms with Crippen LogP contribution in [0.15, 0.2) is 76.3 Å². The number of anilines is 1. The molecule has 2 N–H and O–H groups in total. The van der Waals surface area contributed by atoms with Crippen molar-refractivity contribution in [1.82, 2.24) is 5.43 Å². The van der Waals surface area contributed by atoms with Crippen molar-refractivity contribution in [2.45, 2.75) is 13.8 Å². The summed E-state index contributed by atoms with van der Waals surface area (Å²) in [5, 5.41) is 6.07. The van der Waals surface area contributed by atoms with Crippen LogP contribution in [-0.2, 0) is 9.59 Å². The number of hydrogen-bond donors (Lipinski definition) is 2. The van der Waals surface area contributed by atoms with Crippen molar-refractivity contribution in [2.75, 3.05) is 5.32 Å². The van der Waals surface area contributed by atoms with Crippen molar-refractivity contribution in [2.24, 2.45) is 5.10 Å². The van der Waals surface area contributed by atoms with Gasteiger partial charge in [-0.15, -0.1) is 0 Å². The molecule has 3 aromatic rings. The number of esters is 1. The Kier molecular flexibility index (Phi) is 7.68. The Labute approximate surface area is 197 Å². The third-order valence-electron chi connectivity index (χ3n) is 4.45. The summed E-state index contributed by atoms with van der Waals surface area (Å²) >= 11 is 3.11. The maximum Gasteiger partial charge on any atom is 0.343 e. The van der Waals surface area contributed by atoms with Crippen LogP contribution in [0.3, 0.4) is 0 Å². The summed E-state index contributed by atoms with van der Waals surface area (Å²) in [7, 11) is 0. The van der Waals surface area contributed by atoms with E-state index in [4.69, 9.17) is 4.74 Å². The predicted molar refractivity (Wildman–Crippen MR) is 126 cm³/mol. The highest BCUT2D eigenvalue weighted by atomic mass is 79.9. The van der Waals surface area contributed by atoms with E-state index in [-0.39, 0.29) is 5.69 Å². The highest BCUT2D eigenvalue weighted by Crippen LogP contribution is 2.19. The van der Waals surface area contributed by atoms with Gasteiger partial charge in [-0.3, -0.25) is 9.59 Å². The minimum atomic E-state index is -1.06. The van der Waals surface area contributed by atoms with Gasteiger partial charge in [-0.25, -0.2) is 14.6 Å². The SMILES string of the molecule is C/C(=N\NC(=O)C(=O)Nc1ccc(Br)cc1F)c1ccc(OC(=O)c2cccc(C)c2)cc1. The summed E-state index contributed by atoms with van der Waals surface area (Å²) < 4.78 is 19.7. The highest BCUT2D eigenvalue weighted by Gasteiger charge is 2.16. The van der Waals surface area contributed by atoms with Gasteiger partial charge in [0.15, 0.2) is 0 Å². The first kappa shape index (κ1) is 23.8. The number of aryl methyl sites for hydroxylation is 1. The molecule has 0 unspecified atom stereocenters. The Hall–Kier alpha value is -3.85. The number of nitrogens with one attached hydrogen (secondary N) is 2. The largest absolute Gasteiger partial charge is 0.423 e. The van der Waals surface area contributed by atoms with Crippen molar-refractivity contribution in [3.63, 3.8) is 0 Å². The molecule has 0 saturated heterocycles. The Bertz CT molecular complexity index is 1240. The predicted octanol–water partition coefficient (Wildman–Crippen LogP) is 4.59. The molecular weight excluding hydrogens is 493 g/mol. The summed E-state index contributed by atoms with van der Waals surface area (Å²) in [5.41, 5.74) is 4.42. The summed E-state index contributed by atoms with van der Waals surface area (Å²) in [5.74, 6) is -2.93. The lowest BCUT2D eigenvalue weighted by molar-refractivity contribution is -0.136. The molecule has 0 saturated carbocycles. The van der Waals surface area contributed by atoms with Crippen LogP contribution >= 0.6 is 15.9 Å². The normalized spacial score (nSPS) is 11.0. The molecular formula is C24H19BrFN3O4. The number of carbonyl (C=O) groups excluding carboxylic acids is 3. The molecule has 0 heterocycles. The van der Waals surface area contributed by atoms with Crippen LogP contribution in [0.5, 0.6) is 5.75 Å². The van der Waals surface area contributed by atoms with Crippen LogP contribution in [0.25, 0.3) is 0 Å². The van der Waals surface area contributed by atoms with E-state index in [1.54, 1.807) is 49.4 Å². The van der Waals surface area contributed by atoms with Gasteiger partial charge in [0.05, 0.1) is 17.0 Å². The number of rotatable bonds is 5. The lowest BCUT2D eigenvalue weighted by Crippen LogP contribution is -2.33. The van der Waals surface area contributed by atoms with E-state index in [2.05, 4.69) is 31.8 Å².